The summed E-state index contributed by atoms with van der Waals surface area (Å²) in [5.74, 6) is -0.891. The molecule has 1 fully saturated rings. The van der Waals surface area contributed by atoms with E-state index in [1.807, 2.05) is 18.2 Å². The summed E-state index contributed by atoms with van der Waals surface area (Å²) in [4.78, 5) is 14.8. The van der Waals surface area contributed by atoms with Crippen molar-refractivity contribution in [3.05, 3.63) is 58.9 Å². The van der Waals surface area contributed by atoms with E-state index in [1.54, 1.807) is 24.4 Å². The summed E-state index contributed by atoms with van der Waals surface area (Å²) in [5, 5.41) is 26.5. The number of hydrogen-bond donors (Lipinski definition) is 4. The minimum absolute atomic E-state index is 0.0285. The summed E-state index contributed by atoms with van der Waals surface area (Å²) in [5.41, 5.74) is 2.15. The number of carbonyl (C=O) groups is 1. The number of halogens is 1. The van der Waals surface area contributed by atoms with Crippen LogP contribution in [0.1, 0.15) is 30.2 Å². The predicted molar refractivity (Wildman–Crippen MR) is 100 cm³/mol. The molecule has 2 aromatic rings. The van der Waals surface area contributed by atoms with Gasteiger partial charge in [0.15, 0.2) is 0 Å². The van der Waals surface area contributed by atoms with E-state index >= 15 is 0 Å². The minimum Gasteiger partial charge on any atom is -0.481 e. The SMILES string of the molecule is O=C(O)Cc1ccc(NCC2(NCC(O)c3cccc(Cl)c3)CC2)cn1. The molecule has 3 rings (SSSR count). The van der Waals surface area contributed by atoms with Crippen molar-refractivity contribution in [2.24, 2.45) is 0 Å². The highest BCUT2D eigenvalue weighted by atomic mass is 35.5. The zero-order chi connectivity index (χ0) is 18.6. The van der Waals surface area contributed by atoms with Crippen molar-refractivity contribution in [3.63, 3.8) is 0 Å². The van der Waals surface area contributed by atoms with Crippen LogP contribution in [-0.2, 0) is 11.2 Å². The second-order valence-electron chi connectivity index (χ2n) is 6.69. The molecule has 0 amide bonds. The molecule has 0 saturated heterocycles. The molecule has 26 heavy (non-hydrogen) atoms. The summed E-state index contributed by atoms with van der Waals surface area (Å²) in [6, 6.07) is 10.8. The first-order chi connectivity index (χ1) is 12.5. The van der Waals surface area contributed by atoms with Gasteiger partial charge < -0.3 is 20.8 Å². The third-order valence-electron chi connectivity index (χ3n) is 4.55. The first-order valence-electron chi connectivity index (χ1n) is 8.55. The molecule has 4 N–H and O–H groups in total. The fourth-order valence-corrected chi connectivity index (χ4v) is 2.97. The van der Waals surface area contributed by atoms with Gasteiger partial charge in [0, 0.05) is 23.7 Å². The summed E-state index contributed by atoms with van der Waals surface area (Å²) in [7, 11) is 0. The Morgan fingerprint density at radius 1 is 1.31 bits per heavy atom. The van der Waals surface area contributed by atoms with Crippen LogP contribution in [0.15, 0.2) is 42.6 Å². The van der Waals surface area contributed by atoms with Gasteiger partial charge >= 0.3 is 5.97 Å². The van der Waals surface area contributed by atoms with Gasteiger partial charge in [0.1, 0.15) is 0 Å². The topological polar surface area (TPSA) is 94.5 Å². The molecule has 1 saturated carbocycles. The van der Waals surface area contributed by atoms with Crippen molar-refractivity contribution in [1.82, 2.24) is 10.3 Å². The van der Waals surface area contributed by atoms with Gasteiger partial charge in [0.25, 0.3) is 0 Å². The van der Waals surface area contributed by atoms with Crippen LogP contribution in [0.25, 0.3) is 0 Å². The van der Waals surface area contributed by atoms with Crippen molar-refractivity contribution in [2.45, 2.75) is 30.9 Å². The number of rotatable bonds is 9. The quantitative estimate of drug-likeness (QED) is 0.538. The van der Waals surface area contributed by atoms with E-state index < -0.39 is 12.1 Å². The van der Waals surface area contributed by atoms with E-state index in [-0.39, 0.29) is 12.0 Å². The number of aromatic nitrogens is 1. The minimum atomic E-state index is -0.891. The third kappa shape index (κ3) is 5.17. The smallest absolute Gasteiger partial charge is 0.309 e. The van der Waals surface area contributed by atoms with Crippen molar-refractivity contribution in [3.8, 4) is 0 Å². The Bertz CT molecular complexity index is 763. The van der Waals surface area contributed by atoms with Gasteiger partial charge in [-0.2, -0.15) is 0 Å². The van der Waals surface area contributed by atoms with Crippen LogP contribution in [0.3, 0.4) is 0 Å². The highest BCUT2D eigenvalue weighted by Crippen LogP contribution is 2.36. The zero-order valence-corrected chi connectivity index (χ0v) is 15.0. The number of carboxylic acid groups (broad SMARTS) is 1. The molecule has 1 unspecified atom stereocenters. The maximum Gasteiger partial charge on any atom is 0.309 e. The Kier molecular flexibility index (Phi) is 5.76. The predicted octanol–water partition coefficient (Wildman–Crippen LogP) is 2.63. The second kappa shape index (κ2) is 8.03. The van der Waals surface area contributed by atoms with Gasteiger partial charge in [-0.1, -0.05) is 23.7 Å². The number of carboxylic acids is 1. The summed E-state index contributed by atoms with van der Waals surface area (Å²) >= 11 is 5.97. The first kappa shape index (κ1) is 18.6. The number of β-amino-alcohol motifs (C(OH)–C–C–N with tert-alkyl or cyclic N) is 1. The van der Waals surface area contributed by atoms with Gasteiger partial charge in [-0.15, -0.1) is 0 Å². The zero-order valence-electron chi connectivity index (χ0n) is 14.3. The Balaban J connectivity index is 1.48. The van der Waals surface area contributed by atoms with E-state index in [4.69, 9.17) is 16.7 Å². The lowest BCUT2D eigenvalue weighted by Crippen LogP contribution is -2.40. The molecule has 1 aliphatic carbocycles. The van der Waals surface area contributed by atoms with E-state index in [0.29, 0.717) is 17.3 Å². The van der Waals surface area contributed by atoms with Crippen molar-refractivity contribution in [2.75, 3.05) is 18.4 Å². The number of aliphatic hydroxyl groups is 1. The standard InChI is InChI=1S/C19H22ClN3O3/c20-14-3-1-2-13(8-14)17(24)11-23-19(6-7-19)12-22-16-5-4-15(21-10-16)9-18(25)26/h1-5,8,10,17,22-24H,6-7,9,11-12H2,(H,25,26). The molecule has 0 spiro atoms. The van der Waals surface area contributed by atoms with Crippen molar-refractivity contribution >= 4 is 23.3 Å². The highest BCUT2D eigenvalue weighted by Gasteiger charge is 2.42. The van der Waals surface area contributed by atoms with Crippen LogP contribution in [0, 0.1) is 0 Å². The van der Waals surface area contributed by atoms with Gasteiger partial charge in [0.2, 0.25) is 0 Å². The molecule has 7 heteroatoms. The maximum atomic E-state index is 10.7. The van der Waals surface area contributed by atoms with Gasteiger partial charge in [0.05, 0.1) is 30.1 Å². The molecule has 1 aromatic carbocycles. The normalized spacial score (nSPS) is 16.1. The lowest BCUT2D eigenvalue weighted by atomic mass is 10.1. The molecule has 1 atom stereocenters. The maximum absolute atomic E-state index is 10.7. The Morgan fingerprint density at radius 3 is 2.73 bits per heavy atom. The number of benzene rings is 1. The Labute approximate surface area is 157 Å². The monoisotopic (exact) mass is 375 g/mol. The number of aliphatic carboxylic acids is 1. The van der Waals surface area contributed by atoms with Gasteiger partial charge in [-0.25, -0.2) is 0 Å². The lowest BCUT2D eigenvalue weighted by Gasteiger charge is -2.21. The third-order valence-corrected chi connectivity index (χ3v) is 4.78. The number of nitrogens with zero attached hydrogens (tertiary/aromatic N) is 1. The van der Waals surface area contributed by atoms with Crippen LogP contribution in [0.4, 0.5) is 5.69 Å². The molecule has 1 aliphatic rings. The fraction of sp³-hybridized carbons (Fsp3) is 0.368. The summed E-state index contributed by atoms with van der Waals surface area (Å²) in [6.07, 6.45) is 3.03. The number of aliphatic hydroxyl groups excluding tert-OH is 1. The lowest BCUT2D eigenvalue weighted by molar-refractivity contribution is -0.136. The summed E-state index contributed by atoms with van der Waals surface area (Å²) < 4.78 is 0. The van der Waals surface area contributed by atoms with Crippen LogP contribution in [0.2, 0.25) is 5.02 Å². The van der Waals surface area contributed by atoms with Crippen LogP contribution >= 0.6 is 11.6 Å². The van der Waals surface area contributed by atoms with E-state index in [1.165, 1.54) is 0 Å². The average Bonchev–Trinajstić information content (AvgIpc) is 3.39. The molecule has 0 bridgehead atoms. The van der Waals surface area contributed by atoms with E-state index in [9.17, 15) is 9.90 Å². The second-order valence-corrected chi connectivity index (χ2v) is 7.13. The number of hydrogen-bond acceptors (Lipinski definition) is 5. The van der Waals surface area contributed by atoms with Crippen LogP contribution < -0.4 is 10.6 Å². The molecule has 1 heterocycles. The first-order valence-corrected chi connectivity index (χ1v) is 8.93. The molecule has 1 aromatic heterocycles. The van der Waals surface area contributed by atoms with E-state index in [2.05, 4.69) is 15.6 Å². The fourth-order valence-electron chi connectivity index (χ4n) is 2.77. The number of nitrogens with one attached hydrogen (secondary N) is 2. The largest absolute Gasteiger partial charge is 0.481 e. The average molecular weight is 376 g/mol. The number of anilines is 1. The van der Waals surface area contributed by atoms with Crippen molar-refractivity contribution in [1.29, 1.82) is 0 Å². The molecular formula is C19H22ClN3O3. The van der Waals surface area contributed by atoms with E-state index in [0.717, 1.165) is 30.6 Å². The summed E-state index contributed by atoms with van der Waals surface area (Å²) in [6.45, 7) is 1.17. The molecular weight excluding hydrogens is 354 g/mol. The van der Waals surface area contributed by atoms with Gasteiger partial charge in [-0.05, 0) is 42.7 Å². The van der Waals surface area contributed by atoms with Gasteiger partial charge in [-0.3, -0.25) is 9.78 Å². The van der Waals surface area contributed by atoms with Crippen LogP contribution in [0.5, 0.6) is 0 Å². The van der Waals surface area contributed by atoms with Crippen LogP contribution in [-0.4, -0.2) is 39.8 Å². The Hall–Kier alpha value is -2.15. The Morgan fingerprint density at radius 2 is 2.12 bits per heavy atom. The molecule has 0 aliphatic heterocycles. The number of pyridine rings is 1. The van der Waals surface area contributed by atoms with Crippen molar-refractivity contribution < 1.29 is 15.0 Å². The molecule has 6 nitrogen and oxygen atoms in total. The molecule has 0 radical (unpaired) electrons. The molecule has 138 valence electrons. The highest BCUT2D eigenvalue weighted by molar-refractivity contribution is 6.30.